The molecule has 3 aromatic rings. The molecule has 0 radical (unpaired) electrons. The highest BCUT2D eigenvalue weighted by Gasteiger charge is 2.32. The van der Waals surface area contributed by atoms with Crippen molar-refractivity contribution in [2.45, 2.75) is 50.5 Å². The smallest absolute Gasteiger partial charge is 0.243 e. The van der Waals surface area contributed by atoms with Crippen LogP contribution >= 0.6 is 0 Å². The monoisotopic (exact) mass is 452 g/mol. The van der Waals surface area contributed by atoms with E-state index in [0.717, 1.165) is 48.0 Å². The zero-order valence-corrected chi connectivity index (χ0v) is 19.1. The molecule has 1 N–H and O–H groups in total. The number of carbonyl (C=O) groups excluding carboxylic acids is 1. The number of anilines is 1. The molecule has 7 nitrogen and oxygen atoms in total. The zero-order valence-electron chi connectivity index (χ0n) is 18.3. The first-order chi connectivity index (χ1) is 15.5. The van der Waals surface area contributed by atoms with E-state index < -0.39 is 10.0 Å². The van der Waals surface area contributed by atoms with Crippen LogP contribution in [0.25, 0.3) is 10.9 Å². The third-order valence-corrected chi connectivity index (χ3v) is 8.64. The lowest BCUT2D eigenvalue weighted by Crippen LogP contribution is -2.41. The standard InChI is InChI=1S/C24H28N4O3S/c1-2-28-23-15-21(8-6-20(23)16-25-28)26-24(29)18-10-12-27(13-11-18)32(30,31)22-9-7-17-4-3-5-19(17)14-22/h6-9,14-16,18H,2-5,10-13H2,1H3,(H,26,29). The fraction of sp³-hybridized carbons (Fsp3) is 0.417. The number of hydrogen-bond donors (Lipinski definition) is 1. The van der Waals surface area contributed by atoms with Gasteiger partial charge in [0.05, 0.1) is 16.6 Å². The van der Waals surface area contributed by atoms with Gasteiger partial charge in [0.1, 0.15) is 0 Å². The summed E-state index contributed by atoms with van der Waals surface area (Å²) in [5.74, 6) is -0.255. The molecule has 168 valence electrons. The number of carbonyl (C=O) groups is 1. The van der Waals surface area contributed by atoms with E-state index in [9.17, 15) is 13.2 Å². The molecule has 0 atom stereocenters. The first kappa shape index (κ1) is 21.2. The molecule has 2 aliphatic rings. The molecule has 0 spiro atoms. The normalized spacial score (nSPS) is 17.5. The Hall–Kier alpha value is -2.71. The summed E-state index contributed by atoms with van der Waals surface area (Å²) in [5, 5.41) is 8.39. The van der Waals surface area contributed by atoms with Crippen LogP contribution in [0, 0.1) is 5.92 Å². The largest absolute Gasteiger partial charge is 0.326 e. The van der Waals surface area contributed by atoms with Gasteiger partial charge in [0.2, 0.25) is 15.9 Å². The highest BCUT2D eigenvalue weighted by molar-refractivity contribution is 7.89. The Kier molecular flexibility index (Phi) is 5.51. The van der Waals surface area contributed by atoms with Gasteiger partial charge in [0.25, 0.3) is 0 Å². The lowest BCUT2D eigenvalue weighted by molar-refractivity contribution is -0.120. The van der Waals surface area contributed by atoms with Crippen molar-refractivity contribution < 1.29 is 13.2 Å². The molecule has 32 heavy (non-hydrogen) atoms. The van der Waals surface area contributed by atoms with E-state index in [1.165, 1.54) is 9.87 Å². The van der Waals surface area contributed by atoms with Crippen LogP contribution in [0.5, 0.6) is 0 Å². The van der Waals surface area contributed by atoms with Gasteiger partial charge in [-0.15, -0.1) is 0 Å². The van der Waals surface area contributed by atoms with Crippen molar-refractivity contribution in [1.82, 2.24) is 14.1 Å². The highest BCUT2D eigenvalue weighted by Crippen LogP contribution is 2.29. The summed E-state index contributed by atoms with van der Waals surface area (Å²) in [6.07, 6.45) is 5.93. The molecule has 1 aliphatic heterocycles. The first-order valence-electron chi connectivity index (χ1n) is 11.3. The van der Waals surface area contributed by atoms with Crippen LogP contribution in [-0.2, 0) is 34.2 Å². The number of nitrogens with zero attached hydrogens (tertiary/aromatic N) is 3. The second kappa shape index (κ2) is 8.33. The van der Waals surface area contributed by atoms with Crippen molar-refractivity contribution in [2.24, 2.45) is 5.92 Å². The second-order valence-corrected chi connectivity index (χ2v) is 10.6. The number of aryl methyl sites for hydroxylation is 3. The Labute approximate surface area is 188 Å². The minimum absolute atomic E-state index is 0.0542. The van der Waals surface area contributed by atoms with E-state index in [1.54, 1.807) is 6.07 Å². The molecule has 1 saturated heterocycles. The first-order valence-corrected chi connectivity index (χ1v) is 12.8. The second-order valence-electron chi connectivity index (χ2n) is 8.69. The van der Waals surface area contributed by atoms with Crippen molar-refractivity contribution >= 4 is 32.5 Å². The number of nitrogens with one attached hydrogen (secondary N) is 1. The Morgan fingerprint density at radius 2 is 1.88 bits per heavy atom. The summed E-state index contributed by atoms with van der Waals surface area (Å²) in [7, 11) is -3.53. The SMILES string of the molecule is CCn1ncc2ccc(NC(=O)C3CCN(S(=O)(=O)c4ccc5c(c4)CCC5)CC3)cc21. The summed E-state index contributed by atoms with van der Waals surface area (Å²) in [4.78, 5) is 13.2. The van der Waals surface area contributed by atoms with Gasteiger partial charge in [-0.3, -0.25) is 9.48 Å². The highest BCUT2D eigenvalue weighted by atomic mass is 32.2. The summed E-state index contributed by atoms with van der Waals surface area (Å²) >= 11 is 0. The predicted molar refractivity (Wildman–Crippen MR) is 124 cm³/mol. The molecule has 1 aliphatic carbocycles. The summed E-state index contributed by atoms with van der Waals surface area (Å²) < 4.78 is 29.7. The molecule has 2 aromatic carbocycles. The molecular formula is C24H28N4O3S. The lowest BCUT2D eigenvalue weighted by atomic mass is 9.97. The van der Waals surface area contributed by atoms with Gasteiger partial charge in [0.15, 0.2) is 0 Å². The van der Waals surface area contributed by atoms with Gasteiger partial charge in [0, 0.05) is 36.6 Å². The van der Waals surface area contributed by atoms with E-state index >= 15 is 0 Å². The number of benzene rings is 2. The Balaban J connectivity index is 1.24. The van der Waals surface area contributed by atoms with Crippen molar-refractivity contribution in [3.05, 3.63) is 53.7 Å². The van der Waals surface area contributed by atoms with Crippen molar-refractivity contribution in [1.29, 1.82) is 0 Å². The van der Waals surface area contributed by atoms with Gasteiger partial charge in [-0.1, -0.05) is 6.07 Å². The number of amides is 1. The van der Waals surface area contributed by atoms with Gasteiger partial charge >= 0.3 is 0 Å². The predicted octanol–water partition coefficient (Wildman–Crippen LogP) is 3.58. The van der Waals surface area contributed by atoms with E-state index in [1.807, 2.05) is 48.1 Å². The average Bonchev–Trinajstić information content (AvgIpc) is 3.45. The Morgan fingerprint density at radius 3 is 2.66 bits per heavy atom. The van der Waals surface area contributed by atoms with Crippen LogP contribution < -0.4 is 5.32 Å². The molecule has 5 rings (SSSR count). The number of rotatable bonds is 5. The van der Waals surface area contributed by atoms with Crippen LogP contribution in [-0.4, -0.2) is 41.5 Å². The molecular weight excluding hydrogens is 424 g/mol. The molecule has 0 unspecified atom stereocenters. The molecule has 1 fully saturated rings. The average molecular weight is 453 g/mol. The van der Waals surface area contributed by atoms with E-state index in [2.05, 4.69) is 10.4 Å². The number of piperidine rings is 1. The van der Waals surface area contributed by atoms with Crippen molar-refractivity contribution in [2.75, 3.05) is 18.4 Å². The van der Waals surface area contributed by atoms with Gasteiger partial charge in [-0.2, -0.15) is 9.40 Å². The number of sulfonamides is 1. The minimum Gasteiger partial charge on any atom is -0.326 e. The molecule has 2 heterocycles. The zero-order chi connectivity index (χ0) is 22.3. The molecule has 0 saturated carbocycles. The van der Waals surface area contributed by atoms with Gasteiger partial charge < -0.3 is 5.32 Å². The maximum atomic E-state index is 13.1. The van der Waals surface area contributed by atoms with E-state index in [0.29, 0.717) is 30.8 Å². The minimum atomic E-state index is -3.53. The van der Waals surface area contributed by atoms with Crippen LogP contribution in [0.3, 0.4) is 0 Å². The Bertz CT molecular complexity index is 1270. The Morgan fingerprint density at radius 1 is 1.09 bits per heavy atom. The van der Waals surface area contributed by atoms with Gasteiger partial charge in [-0.05, 0) is 80.5 Å². The summed E-state index contributed by atoms with van der Waals surface area (Å²) in [6.45, 7) is 3.51. The lowest BCUT2D eigenvalue weighted by Gasteiger charge is -2.30. The summed E-state index contributed by atoms with van der Waals surface area (Å²) in [6, 6.07) is 11.3. The van der Waals surface area contributed by atoms with Crippen molar-refractivity contribution in [3.63, 3.8) is 0 Å². The quantitative estimate of drug-likeness (QED) is 0.641. The van der Waals surface area contributed by atoms with Gasteiger partial charge in [-0.25, -0.2) is 8.42 Å². The maximum absolute atomic E-state index is 13.1. The maximum Gasteiger partial charge on any atom is 0.243 e. The fourth-order valence-corrected chi connectivity index (χ4v) is 6.38. The molecule has 1 aromatic heterocycles. The van der Waals surface area contributed by atoms with Crippen LogP contribution in [0.15, 0.2) is 47.5 Å². The molecule has 8 heteroatoms. The third-order valence-electron chi connectivity index (χ3n) is 6.74. The van der Waals surface area contributed by atoms with Crippen molar-refractivity contribution in [3.8, 4) is 0 Å². The number of aromatic nitrogens is 2. The third kappa shape index (κ3) is 3.82. The fourth-order valence-electron chi connectivity index (χ4n) is 4.86. The van der Waals surface area contributed by atoms with E-state index in [4.69, 9.17) is 0 Å². The number of hydrogen-bond acceptors (Lipinski definition) is 4. The summed E-state index contributed by atoms with van der Waals surface area (Å²) in [5.41, 5.74) is 4.15. The van der Waals surface area contributed by atoms with Crippen LogP contribution in [0.1, 0.15) is 37.3 Å². The number of fused-ring (bicyclic) bond motifs is 2. The van der Waals surface area contributed by atoms with Crippen LogP contribution in [0.2, 0.25) is 0 Å². The van der Waals surface area contributed by atoms with E-state index in [-0.39, 0.29) is 11.8 Å². The van der Waals surface area contributed by atoms with Crippen LogP contribution in [0.4, 0.5) is 5.69 Å². The topological polar surface area (TPSA) is 84.3 Å². The molecule has 0 bridgehead atoms. The molecule has 1 amide bonds.